The molecular weight excluding hydrogens is 705 g/mol. The molecule has 1 aliphatic rings. The first-order valence-electron chi connectivity index (χ1n) is 19.9. The number of para-hydroxylation sites is 1. The smallest absolute Gasteiger partial charge is 0.164 e. The lowest BCUT2D eigenvalue weighted by Gasteiger charge is -2.21. The zero-order valence-corrected chi connectivity index (χ0v) is 32.3. The van der Waals surface area contributed by atoms with Gasteiger partial charge in [-0.25, -0.2) is 15.0 Å². The summed E-state index contributed by atoms with van der Waals surface area (Å²) < 4.78 is 2.40. The molecule has 0 amide bonds. The molecule has 0 fully saturated rings. The quantitative estimate of drug-likeness (QED) is 0.170. The minimum atomic E-state index is -0.0565. The third-order valence-electron chi connectivity index (χ3n) is 11.9. The highest BCUT2D eigenvalue weighted by Crippen LogP contribution is 2.49. The molecule has 0 radical (unpaired) electrons. The van der Waals surface area contributed by atoms with Crippen LogP contribution in [0.1, 0.15) is 25.0 Å². The van der Waals surface area contributed by atoms with Crippen LogP contribution in [0.5, 0.6) is 0 Å². The Bertz CT molecular complexity index is 3180. The Hall–Kier alpha value is -7.43. The van der Waals surface area contributed by atoms with Crippen molar-refractivity contribution in [2.45, 2.75) is 19.3 Å². The third kappa shape index (κ3) is 5.56. The number of benzene rings is 8. The van der Waals surface area contributed by atoms with Crippen molar-refractivity contribution in [1.29, 1.82) is 0 Å². The molecule has 274 valence electrons. The highest BCUT2D eigenvalue weighted by Gasteiger charge is 2.35. The second-order valence-corrected chi connectivity index (χ2v) is 15.7. The van der Waals surface area contributed by atoms with Crippen molar-refractivity contribution in [3.05, 3.63) is 205 Å². The zero-order chi connectivity index (χ0) is 38.8. The minimum Gasteiger partial charge on any atom is -0.309 e. The first kappa shape index (κ1) is 33.9. The van der Waals surface area contributed by atoms with E-state index in [0.717, 1.165) is 44.5 Å². The van der Waals surface area contributed by atoms with Gasteiger partial charge >= 0.3 is 0 Å². The van der Waals surface area contributed by atoms with Crippen molar-refractivity contribution < 1.29 is 0 Å². The van der Waals surface area contributed by atoms with Crippen LogP contribution in [0.15, 0.2) is 194 Å². The van der Waals surface area contributed by atoms with Gasteiger partial charge < -0.3 is 4.57 Å². The van der Waals surface area contributed by atoms with Crippen molar-refractivity contribution in [3.63, 3.8) is 0 Å². The first-order chi connectivity index (χ1) is 28.5. The van der Waals surface area contributed by atoms with Crippen LogP contribution in [-0.2, 0) is 5.41 Å². The van der Waals surface area contributed by atoms with Crippen LogP contribution >= 0.6 is 0 Å². The van der Waals surface area contributed by atoms with E-state index in [9.17, 15) is 0 Å². The molecule has 0 unspecified atom stereocenters. The second-order valence-electron chi connectivity index (χ2n) is 15.7. The summed E-state index contributed by atoms with van der Waals surface area (Å²) in [5, 5.41) is 2.39. The summed E-state index contributed by atoms with van der Waals surface area (Å²) >= 11 is 0. The summed E-state index contributed by atoms with van der Waals surface area (Å²) in [4.78, 5) is 15.4. The molecule has 2 aromatic heterocycles. The molecule has 0 bridgehead atoms. The summed E-state index contributed by atoms with van der Waals surface area (Å²) in [6.45, 7) is 4.66. The van der Waals surface area contributed by atoms with E-state index in [1.54, 1.807) is 0 Å². The molecule has 4 nitrogen and oxygen atoms in total. The Morgan fingerprint density at radius 2 is 0.862 bits per heavy atom. The molecule has 8 aromatic carbocycles. The van der Waals surface area contributed by atoms with E-state index in [4.69, 9.17) is 15.0 Å². The number of fused-ring (bicyclic) bond motifs is 6. The van der Waals surface area contributed by atoms with E-state index in [1.165, 1.54) is 44.2 Å². The Labute approximate surface area is 337 Å². The first-order valence-corrected chi connectivity index (χ1v) is 19.9. The normalized spacial score (nSPS) is 12.8. The van der Waals surface area contributed by atoms with Crippen LogP contribution in [0, 0.1) is 0 Å². The molecule has 0 aliphatic heterocycles. The summed E-state index contributed by atoms with van der Waals surface area (Å²) in [5.41, 5.74) is 16.2. The highest BCUT2D eigenvalue weighted by molar-refractivity contribution is 6.10. The predicted molar refractivity (Wildman–Crippen MR) is 239 cm³/mol. The average molecular weight is 743 g/mol. The van der Waals surface area contributed by atoms with Gasteiger partial charge in [-0.05, 0) is 74.8 Å². The van der Waals surface area contributed by atoms with E-state index < -0.39 is 0 Å². The van der Waals surface area contributed by atoms with Crippen molar-refractivity contribution in [2.75, 3.05) is 0 Å². The Kier molecular flexibility index (Phi) is 7.80. The maximum atomic E-state index is 5.18. The van der Waals surface area contributed by atoms with Gasteiger partial charge in [0.1, 0.15) is 0 Å². The topological polar surface area (TPSA) is 43.6 Å². The minimum absolute atomic E-state index is 0.0565. The molecule has 0 N–H and O–H groups in total. The molecule has 0 saturated heterocycles. The molecule has 10 aromatic rings. The standard InChI is InChI=1S/C54H38N4/c1-54(2)47-22-11-9-20-43(47)46-34-42(29-31-48(46)54)58-49-23-12-10-21-44(49)45-30-28-41(33-50(45)58)53-56-51(37-16-7-4-8-17-37)55-52(57-53)38-26-24-36(25-27-38)40-19-13-18-39(32-40)35-14-5-3-6-15-35/h3-34H,1-2H3. The molecule has 4 heteroatoms. The van der Waals surface area contributed by atoms with Gasteiger partial charge in [-0.3, -0.25) is 0 Å². The van der Waals surface area contributed by atoms with Gasteiger partial charge in [0.2, 0.25) is 0 Å². The summed E-state index contributed by atoms with van der Waals surface area (Å²) in [6.07, 6.45) is 0. The van der Waals surface area contributed by atoms with Crippen molar-refractivity contribution in [3.8, 4) is 73.2 Å². The van der Waals surface area contributed by atoms with E-state index in [0.29, 0.717) is 17.5 Å². The van der Waals surface area contributed by atoms with Crippen LogP contribution in [0.3, 0.4) is 0 Å². The average Bonchev–Trinajstić information content (AvgIpc) is 3.74. The summed E-state index contributed by atoms with van der Waals surface area (Å²) in [5.74, 6) is 1.90. The zero-order valence-electron chi connectivity index (χ0n) is 32.3. The van der Waals surface area contributed by atoms with E-state index in [-0.39, 0.29) is 5.41 Å². The number of hydrogen-bond acceptors (Lipinski definition) is 3. The molecule has 58 heavy (non-hydrogen) atoms. The van der Waals surface area contributed by atoms with Gasteiger partial charge in [-0.1, -0.05) is 178 Å². The molecule has 0 spiro atoms. The Morgan fingerprint density at radius 1 is 0.345 bits per heavy atom. The number of rotatable bonds is 6. The summed E-state index contributed by atoms with van der Waals surface area (Å²) in [6, 6.07) is 69.0. The van der Waals surface area contributed by atoms with E-state index in [1.807, 2.05) is 18.2 Å². The van der Waals surface area contributed by atoms with Gasteiger partial charge in [0, 0.05) is 38.6 Å². The number of hydrogen-bond donors (Lipinski definition) is 0. The number of aromatic nitrogens is 4. The largest absolute Gasteiger partial charge is 0.309 e. The maximum absolute atomic E-state index is 5.18. The predicted octanol–water partition coefficient (Wildman–Crippen LogP) is 13.6. The Morgan fingerprint density at radius 3 is 1.60 bits per heavy atom. The fourth-order valence-corrected chi connectivity index (χ4v) is 8.91. The molecule has 11 rings (SSSR count). The fraction of sp³-hybridized carbons (Fsp3) is 0.0556. The SMILES string of the molecule is CC1(C)c2ccccc2-c2cc(-n3c4ccccc4c4ccc(-c5nc(-c6ccccc6)nc(-c6ccc(-c7cccc(-c8ccccc8)c7)cc6)n5)cc43)ccc21. The second kappa shape index (κ2) is 13.4. The monoisotopic (exact) mass is 742 g/mol. The van der Waals surface area contributed by atoms with Crippen LogP contribution < -0.4 is 0 Å². The third-order valence-corrected chi connectivity index (χ3v) is 11.9. The van der Waals surface area contributed by atoms with Crippen LogP contribution in [-0.4, -0.2) is 19.5 Å². The van der Waals surface area contributed by atoms with Gasteiger partial charge in [-0.15, -0.1) is 0 Å². The van der Waals surface area contributed by atoms with E-state index in [2.05, 4.69) is 194 Å². The molecule has 0 saturated carbocycles. The van der Waals surface area contributed by atoms with E-state index >= 15 is 0 Å². The lowest BCUT2D eigenvalue weighted by molar-refractivity contribution is 0.660. The molecular formula is C54H38N4. The van der Waals surface area contributed by atoms with Gasteiger partial charge in [-0.2, -0.15) is 0 Å². The molecule has 1 aliphatic carbocycles. The fourth-order valence-electron chi connectivity index (χ4n) is 8.91. The van der Waals surface area contributed by atoms with Gasteiger partial charge in [0.25, 0.3) is 0 Å². The van der Waals surface area contributed by atoms with Crippen LogP contribution in [0.2, 0.25) is 0 Å². The molecule has 0 atom stereocenters. The summed E-state index contributed by atoms with van der Waals surface area (Å²) in [7, 11) is 0. The van der Waals surface area contributed by atoms with Crippen molar-refractivity contribution in [2.24, 2.45) is 0 Å². The van der Waals surface area contributed by atoms with Crippen LogP contribution in [0.4, 0.5) is 0 Å². The van der Waals surface area contributed by atoms with Gasteiger partial charge in [0.05, 0.1) is 11.0 Å². The Balaban J connectivity index is 1.04. The lowest BCUT2D eigenvalue weighted by atomic mass is 9.82. The lowest BCUT2D eigenvalue weighted by Crippen LogP contribution is -2.14. The van der Waals surface area contributed by atoms with Crippen molar-refractivity contribution in [1.82, 2.24) is 19.5 Å². The highest BCUT2D eigenvalue weighted by atomic mass is 15.0. The van der Waals surface area contributed by atoms with Crippen LogP contribution in [0.25, 0.3) is 95.0 Å². The van der Waals surface area contributed by atoms with Crippen molar-refractivity contribution >= 4 is 21.8 Å². The number of nitrogens with zero attached hydrogens (tertiary/aromatic N) is 4. The maximum Gasteiger partial charge on any atom is 0.164 e. The van der Waals surface area contributed by atoms with Gasteiger partial charge in [0.15, 0.2) is 17.5 Å². The molecule has 2 heterocycles.